The van der Waals surface area contributed by atoms with Crippen LogP contribution >= 0.6 is 0 Å². The van der Waals surface area contributed by atoms with E-state index < -0.39 is 0 Å². The molecule has 2 rings (SSSR count). The van der Waals surface area contributed by atoms with Gasteiger partial charge in [0.1, 0.15) is 6.10 Å². The first-order valence-corrected chi connectivity index (χ1v) is 4.22. The van der Waals surface area contributed by atoms with Gasteiger partial charge < -0.3 is 14.2 Å². The summed E-state index contributed by atoms with van der Waals surface area (Å²) in [6.07, 6.45) is 1.56. The summed E-state index contributed by atoms with van der Waals surface area (Å²) in [5.74, 6) is 0.633. The van der Waals surface area contributed by atoms with Crippen LogP contribution in [0.4, 0.5) is 0 Å². The summed E-state index contributed by atoms with van der Waals surface area (Å²) in [4.78, 5) is 0. The van der Waals surface area contributed by atoms with E-state index in [1.54, 1.807) is 0 Å². The Morgan fingerprint density at radius 1 is 1.27 bits per heavy atom. The lowest BCUT2D eigenvalue weighted by Gasteiger charge is -2.06. The predicted molar refractivity (Wildman–Crippen MR) is 39.5 cm³/mol. The lowest BCUT2D eigenvalue weighted by Crippen LogP contribution is -2.12. The molecule has 2 heterocycles. The molecule has 2 fully saturated rings. The van der Waals surface area contributed by atoms with Gasteiger partial charge in [-0.2, -0.15) is 0 Å². The summed E-state index contributed by atoms with van der Waals surface area (Å²) < 4.78 is 15.7. The van der Waals surface area contributed by atoms with E-state index in [0.717, 1.165) is 39.5 Å². The van der Waals surface area contributed by atoms with Gasteiger partial charge in [-0.1, -0.05) is 0 Å². The van der Waals surface area contributed by atoms with Crippen LogP contribution in [-0.4, -0.2) is 39.1 Å². The number of epoxide rings is 1. The number of hydrogen-bond acceptors (Lipinski definition) is 3. The molecule has 64 valence electrons. The van der Waals surface area contributed by atoms with Crippen LogP contribution in [0.2, 0.25) is 0 Å². The first-order chi connectivity index (χ1) is 5.45. The molecule has 11 heavy (non-hydrogen) atoms. The third kappa shape index (κ3) is 2.43. The van der Waals surface area contributed by atoms with Gasteiger partial charge >= 0.3 is 0 Å². The monoisotopic (exact) mass is 158 g/mol. The van der Waals surface area contributed by atoms with E-state index in [1.165, 1.54) is 0 Å². The molecule has 0 bridgehead atoms. The lowest BCUT2D eigenvalue weighted by molar-refractivity contribution is 0.0787. The fourth-order valence-electron chi connectivity index (χ4n) is 1.25. The quantitative estimate of drug-likeness (QED) is 0.556. The maximum atomic E-state index is 5.44. The van der Waals surface area contributed by atoms with Crippen LogP contribution in [0.5, 0.6) is 0 Å². The molecule has 2 atom stereocenters. The zero-order valence-electron chi connectivity index (χ0n) is 6.62. The van der Waals surface area contributed by atoms with Gasteiger partial charge in [0, 0.05) is 12.5 Å². The van der Waals surface area contributed by atoms with Crippen LogP contribution in [0, 0.1) is 5.92 Å². The van der Waals surface area contributed by atoms with Gasteiger partial charge in [-0.25, -0.2) is 0 Å². The average molecular weight is 158 g/mol. The van der Waals surface area contributed by atoms with E-state index in [1.807, 2.05) is 0 Å². The highest BCUT2D eigenvalue weighted by atomic mass is 16.6. The Labute approximate surface area is 66.6 Å². The zero-order valence-corrected chi connectivity index (χ0v) is 6.62. The molecule has 2 saturated heterocycles. The predicted octanol–water partition coefficient (Wildman–Crippen LogP) is 0.438. The molecule has 0 amide bonds. The van der Waals surface area contributed by atoms with Crippen LogP contribution in [0.15, 0.2) is 0 Å². The SMILES string of the molecule is C1CC(COC[C@@H]2CO2)CO1. The molecule has 0 aromatic carbocycles. The Morgan fingerprint density at radius 3 is 2.82 bits per heavy atom. The second-order valence-electron chi connectivity index (χ2n) is 3.22. The summed E-state index contributed by atoms with van der Waals surface area (Å²) in [6, 6.07) is 0. The fraction of sp³-hybridized carbons (Fsp3) is 1.00. The van der Waals surface area contributed by atoms with Crippen molar-refractivity contribution in [1.29, 1.82) is 0 Å². The second-order valence-corrected chi connectivity index (χ2v) is 3.22. The smallest absolute Gasteiger partial charge is 0.104 e. The van der Waals surface area contributed by atoms with E-state index >= 15 is 0 Å². The third-order valence-electron chi connectivity index (χ3n) is 2.08. The minimum Gasteiger partial charge on any atom is -0.381 e. The molecule has 3 nitrogen and oxygen atoms in total. The molecule has 0 aromatic rings. The van der Waals surface area contributed by atoms with E-state index in [0.29, 0.717) is 12.0 Å². The Hall–Kier alpha value is -0.120. The van der Waals surface area contributed by atoms with Gasteiger partial charge in [-0.3, -0.25) is 0 Å². The molecule has 1 unspecified atom stereocenters. The van der Waals surface area contributed by atoms with Crippen LogP contribution in [0.1, 0.15) is 6.42 Å². The van der Waals surface area contributed by atoms with Gasteiger partial charge in [0.25, 0.3) is 0 Å². The minimum atomic E-state index is 0.400. The van der Waals surface area contributed by atoms with Crippen molar-refractivity contribution in [3.05, 3.63) is 0 Å². The summed E-state index contributed by atoms with van der Waals surface area (Å²) in [6.45, 7) is 4.30. The van der Waals surface area contributed by atoms with Gasteiger partial charge in [0.05, 0.1) is 26.4 Å². The zero-order chi connectivity index (χ0) is 7.52. The van der Waals surface area contributed by atoms with Gasteiger partial charge in [0.15, 0.2) is 0 Å². The molecule has 0 aliphatic carbocycles. The molecule has 3 heteroatoms. The lowest BCUT2D eigenvalue weighted by atomic mass is 10.1. The van der Waals surface area contributed by atoms with Crippen LogP contribution in [-0.2, 0) is 14.2 Å². The summed E-state index contributed by atoms with van der Waals surface area (Å²) >= 11 is 0. The second kappa shape index (κ2) is 3.52. The Balaban J connectivity index is 1.51. The van der Waals surface area contributed by atoms with Crippen molar-refractivity contribution in [2.24, 2.45) is 5.92 Å². The summed E-state index contributed by atoms with van der Waals surface area (Å²) in [7, 11) is 0. The molecule has 0 aromatic heterocycles. The summed E-state index contributed by atoms with van der Waals surface area (Å²) in [5, 5.41) is 0. The molecule has 0 saturated carbocycles. The topological polar surface area (TPSA) is 31.0 Å². The normalized spacial score (nSPS) is 36.0. The largest absolute Gasteiger partial charge is 0.381 e. The van der Waals surface area contributed by atoms with Crippen molar-refractivity contribution in [3.8, 4) is 0 Å². The maximum absolute atomic E-state index is 5.44. The number of rotatable bonds is 4. The van der Waals surface area contributed by atoms with Crippen molar-refractivity contribution in [2.45, 2.75) is 12.5 Å². The first kappa shape index (κ1) is 7.53. The van der Waals surface area contributed by atoms with E-state index in [9.17, 15) is 0 Å². The van der Waals surface area contributed by atoms with Gasteiger partial charge in [-0.15, -0.1) is 0 Å². The molecular formula is C8H14O3. The highest BCUT2D eigenvalue weighted by molar-refractivity contribution is 4.68. The fourth-order valence-corrected chi connectivity index (χ4v) is 1.25. The molecule has 2 aliphatic heterocycles. The van der Waals surface area contributed by atoms with Crippen molar-refractivity contribution >= 4 is 0 Å². The molecular weight excluding hydrogens is 144 g/mol. The number of ether oxygens (including phenoxy) is 3. The van der Waals surface area contributed by atoms with Gasteiger partial charge in [0.2, 0.25) is 0 Å². The van der Waals surface area contributed by atoms with E-state index in [-0.39, 0.29) is 0 Å². The van der Waals surface area contributed by atoms with E-state index in [2.05, 4.69) is 0 Å². The Morgan fingerprint density at radius 2 is 2.18 bits per heavy atom. The van der Waals surface area contributed by atoms with E-state index in [4.69, 9.17) is 14.2 Å². The molecule has 0 N–H and O–H groups in total. The van der Waals surface area contributed by atoms with Crippen LogP contribution < -0.4 is 0 Å². The third-order valence-corrected chi connectivity index (χ3v) is 2.08. The van der Waals surface area contributed by atoms with Crippen molar-refractivity contribution in [1.82, 2.24) is 0 Å². The van der Waals surface area contributed by atoms with Crippen LogP contribution in [0.25, 0.3) is 0 Å². The summed E-state index contributed by atoms with van der Waals surface area (Å²) in [5.41, 5.74) is 0. The average Bonchev–Trinajstić information content (AvgIpc) is 2.66. The highest BCUT2D eigenvalue weighted by Gasteiger charge is 2.23. The van der Waals surface area contributed by atoms with Gasteiger partial charge in [-0.05, 0) is 6.42 Å². The standard InChI is InChI=1S/C8H14O3/c1-2-9-3-7(1)4-10-5-8-6-11-8/h7-8H,1-6H2/t7?,8-/m1/s1. The van der Waals surface area contributed by atoms with Crippen molar-refractivity contribution in [3.63, 3.8) is 0 Å². The van der Waals surface area contributed by atoms with Crippen molar-refractivity contribution < 1.29 is 14.2 Å². The molecule has 0 radical (unpaired) electrons. The maximum Gasteiger partial charge on any atom is 0.104 e. The van der Waals surface area contributed by atoms with Crippen molar-refractivity contribution in [2.75, 3.05) is 33.0 Å². The first-order valence-electron chi connectivity index (χ1n) is 4.22. The molecule has 2 aliphatic rings. The highest BCUT2D eigenvalue weighted by Crippen LogP contribution is 2.14. The number of hydrogen-bond donors (Lipinski definition) is 0. The Kier molecular flexibility index (Phi) is 2.41. The molecule has 0 spiro atoms. The Bertz CT molecular complexity index is 117. The van der Waals surface area contributed by atoms with Crippen LogP contribution in [0.3, 0.4) is 0 Å². The minimum absolute atomic E-state index is 0.400.